The van der Waals surface area contributed by atoms with E-state index in [4.69, 9.17) is 35.4 Å². The third-order valence-corrected chi connectivity index (χ3v) is 5.20. The highest BCUT2D eigenvalue weighted by Crippen LogP contribution is 2.34. The van der Waals surface area contributed by atoms with Gasteiger partial charge in [0.25, 0.3) is 5.91 Å². The second-order valence-corrected chi connectivity index (χ2v) is 7.76. The van der Waals surface area contributed by atoms with Gasteiger partial charge in [0, 0.05) is 21.4 Å². The summed E-state index contributed by atoms with van der Waals surface area (Å²) in [4.78, 5) is 13.1. The van der Waals surface area contributed by atoms with E-state index in [9.17, 15) is 4.79 Å². The molecule has 4 nitrogen and oxygen atoms in total. The molecule has 0 spiro atoms. The molecule has 0 saturated carbocycles. The monoisotopic (exact) mass is 419 g/mol. The maximum atomic E-state index is 13.1. The quantitative estimate of drug-likeness (QED) is 0.609. The van der Waals surface area contributed by atoms with E-state index in [0.717, 1.165) is 22.4 Å². The van der Waals surface area contributed by atoms with Crippen LogP contribution in [0.2, 0.25) is 10.0 Å². The Balaban J connectivity index is 1.99. The molecule has 3 N–H and O–H groups in total. The van der Waals surface area contributed by atoms with Crippen molar-refractivity contribution in [3.8, 4) is 0 Å². The van der Waals surface area contributed by atoms with Crippen molar-refractivity contribution in [2.75, 3.05) is 5.32 Å². The minimum atomic E-state index is -0.478. The van der Waals surface area contributed by atoms with Crippen LogP contribution < -0.4 is 16.0 Å². The van der Waals surface area contributed by atoms with Crippen LogP contribution in [0.3, 0.4) is 0 Å². The number of anilines is 1. The number of carbonyl (C=O) groups excluding carboxylic acids is 1. The summed E-state index contributed by atoms with van der Waals surface area (Å²) in [5, 5.41) is 10.6. The van der Waals surface area contributed by atoms with Crippen molar-refractivity contribution >= 4 is 52.1 Å². The van der Waals surface area contributed by atoms with Gasteiger partial charge in [-0.3, -0.25) is 4.79 Å². The number of amides is 1. The second-order valence-electron chi connectivity index (χ2n) is 6.51. The van der Waals surface area contributed by atoms with Gasteiger partial charge in [-0.15, -0.1) is 0 Å². The Morgan fingerprint density at radius 3 is 2.52 bits per heavy atom. The van der Waals surface area contributed by atoms with Gasteiger partial charge in [-0.1, -0.05) is 47.0 Å². The van der Waals surface area contributed by atoms with Gasteiger partial charge in [0.2, 0.25) is 0 Å². The lowest BCUT2D eigenvalue weighted by Crippen LogP contribution is -2.45. The number of benzene rings is 2. The molecule has 1 heterocycles. The van der Waals surface area contributed by atoms with Crippen LogP contribution in [0, 0.1) is 13.8 Å². The van der Waals surface area contributed by atoms with Crippen LogP contribution in [-0.2, 0) is 4.79 Å². The van der Waals surface area contributed by atoms with Crippen LogP contribution in [0.1, 0.15) is 29.7 Å². The summed E-state index contributed by atoms with van der Waals surface area (Å²) in [6, 6.07) is 10.6. The summed E-state index contributed by atoms with van der Waals surface area (Å²) in [5.74, 6) is -0.224. The van der Waals surface area contributed by atoms with Gasteiger partial charge in [-0.05, 0) is 62.3 Å². The van der Waals surface area contributed by atoms with Crippen LogP contribution >= 0.6 is 35.4 Å². The predicted octanol–water partition coefficient (Wildman–Crippen LogP) is 5.04. The summed E-state index contributed by atoms with van der Waals surface area (Å²) in [6.07, 6.45) is 0. The van der Waals surface area contributed by atoms with Gasteiger partial charge in [-0.2, -0.15) is 0 Å². The molecule has 3 rings (SSSR count). The van der Waals surface area contributed by atoms with Crippen LogP contribution in [0.4, 0.5) is 5.69 Å². The highest BCUT2D eigenvalue weighted by atomic mass is 35.5. The zero-order valence-electron chi connectivity index (χ0n) is 15.1. The van der Waals surface area contributed by atoms with E-state index in [-0.39, 0.29) is 5.91 Å². The molecule has 1 aliphatic heterocycles. The van der Waals surface area contributed by atoms with Crippen LogP contribution in [0.5, 0.6) is 0 Å². The molecule has 7 heteroatoms. The Bertz CT molecular complexity index is 972. The number of halogens is 2. The average molecular weight is 420 g/mol. The van der Waals surface area contributed by atoms with Gasteiger partial charge in [0.15, 0.2) is 5.11 Å². The summed E-state index contributed by atoms with van der Waals surface area (Å²) in [6.45, 7) is 5.80. The van der Waals surface area contributed by atoms with Crippen molar-refractivity contribution in [3.05, 3.63) is 74.4 Å². The molecule has 0 aromatic heterocycles. The molecule has 2 aromatic rings. The molecule has 1 atom stereocenters. The summed E-state index contributed by atoms with van der Waals surface area (Å²) < 4.78 is 0. The lowest BCUT2D eigenvalue weighted by Gasteiger charge is -2.31. The first kappa shape index (κ1) is 19.7. The lowest BCUT2D eigenvalue weighted by atomic mass is 9.94. The molecule has 1 aliphatic rings. The van der Waals surface area contributed by atoms with Crippen molar-refractivity contribution in [3.63, 3.8) is 0 Å². The third-order valence-electron chi connectivity index (χ3n) is 4.42. The van der Waals surface area contributed by atoms with Crippen LogP contribution in [0.15, 0.2) is 47.7 Å². The zero-order chi connectivity index (χ0) is 19.7. The normalized spacial score (nSPS) is 16.6. The van der Waals surface area contributed by atoms with Crippen LogP contribution in [0.25, 0.3) is 0 Å². The van der Waals surface area contributed by atoms with Crippen LogP contribution in [-0.4, -0.2) is 11.0 Å². The molecule has 0 unspecified atom stereocenters. The number of aryl methyl sites for hydroxylation is 2. The second kappa shape index (κ2) is 7.89. The number of hydrogen-bond acceptors (Lipinski definition) is 2. The van der Waals surface area contributed by atoms with Gasteiger partial charge >= 0.3 is 0 Å². The standard InChI is InChI=1S/C20H19Cl2N3OS/c1-10-4-7-16(11(2)8-10)24-19(26)17-12(3)23-20(27)25-18(17)14-6-5-13(21)9-15(14)22/h4-9,18H,1-3H3,(H,24,26)(H2,23,25,27)/t18-/m0/s1. The molecule has 0 aliphatic carbocycles. The maximum Gasteiger partial charge on any atom is 0.255 e. The predicted molar refractivity (Wildman–Crippen MR) is 115 cm³/mol. The van der Waals surface area contributed by atoms with E-state index in [0.29, 0.717) is 26.4 Å². The van der Waals surface area contributed by atoms with Crippen molar-refractivity contribution in [1.82, 2.24) is 10.6 Å². The number of allylic oxidation sites excluding steroid dienone is 1. The smallest absolute Gasteiger partial charge is 0.255 e. The number of nitrogens with one attached hydrogen (secondary N) is 3. The topological polar surface area (TPSA) is 53.2 Å². The van der Waals surface area contributed by atoms with E-state index < -0.39 is 6.04 Å². The zero-order valence-corrected chi connectivity index (χ0v) is 17.4. The largest absolute Gasteiger partial charge is 0.351 e. The molecular weight excluding hydrogens is 401 g/mol. The van der Waals surface area contributed by atoms with E-state index >= 15 is 0 Å². The van der Waals surface area contributed by atoms with Gasteiger partial charge in [0.1, 0.15) is 0 Å². The summed E-state index contributed by atoms with van der Waals surface area (Å²) >= 11 is 17.7. The molecule has 2 aromatic carbocycles. The first-order valence-corrected chi connectivity index (χ1v) is 9.54. The van der Waals surface area contributed by atoms with Gasteiger partial charge in [-0.25, -0.2) is 0 Å². The minimum Gasteiger partial charge on any atom is -0.351 e. The lowest BCUT2D eigenvalue weighted by molar-refractivity contribution is -0.113. The molecular formula is C20H19Cl2N3OS. The number of thiocarbonyl (C=S) groups is 1. The fraction of sp³-hybridized carbons (Fsp3) is 0.200. The molecule has 1 amide bonds. The molecule has 0 saturated heterocycles. The van der Waals surface area contributed by atoms with Crippen molar-refractivity contribution in [2.24, 2.45) is 0 Å². The van der Waals surface area contributed by atoms with E-state index in [1.807, 2.05) is 39.0 Å². The van der Waals surface area contributed by atoms with E-state index in [1.165, 1.54) is 0 Å². The minimum absolute atomic E-state index is 0.224. The third kappa shape index (κ3) is 4.26. The number of rotatable bonds is 3. The fourth-order valence-corrected chi connectivity index (χ4v) is 3.90. The SMILES string of the molecule is CC1=C(C(=O)Nc2ccc(C)cc2C)[C@H](c2ccc(Cl)cc2Cl)NC(=S)N1. The molecule has 140 valence electrons. The van der Waals surface area contributed by atoms with Crippen molar-refractivity contribution < 1.29 is 4.79 Å². The average Bonchev–Trinajstić information content (AvgIpc) is 2.56. The summed E-state index contributed by atoms with van der Waals surface area (Å²) in [7, 11) is 0. The Hall–Kier alpha value is -2.08. The molecule has 0 bridgehead atoms. The van der Waals surface area contributed by atoms with Gasteiger partial charge in [0.05, 0.1) is 11.6 Å². The van der Waals surface area contributed by atoms with Gasteiger partial charge < -0.3 is 16.0 Å². The summed E-state index contributed by atoms with van der Waals surface area (Å²) in [5.41, 5.74) is 4.83. The van der Waals surface area contributed by atoms with E-state index in [2.05, 4.69) is 16.0 Å². The first-order valence-electron chi connectivity index (χ1n) is 8.38. The Morgan fingerprint density at radius 2 is 1.85 bits per heavy atom. The Labute approximate surface area is 173 Å². The Kier molecular flexibility index (Phi) is 5.75. The maximum absolute atomic E-state index is 13.1. The van der Waals surface area contributed by atoms with Crippen molar-refractivity contribution in [1.29, 1.82) is 0 Å². The fourth-order valence-electron chi connectivity index (χ4n) is 3.11. The number of hydrogen-bond donors (Lipinski definition) is 3. The molecule has 0 radical (unpaired) electrons. The highest BCUT2D eigenvalue weighted by Gasteiger charge is 2.31. The molecule has 27 heavy (non-hydrogen) atoms. The Morgan fingerprint density at radius 1 is 1.11 bits per heavy atom. The number of carbonyl (C=O) groups is 1. The van der Waals surface area contributed by atoms with Crippen molar-refractivity contribution in [2.45, 2.75) is 26.8 Å². The molecule has 0 fully saturated rings. The first-order chi connectivity index (χ1) is 12.8. The highest BCUT2D eigenvalue weighted by molar-refractivity contribution is 7.80. The van der Waals surface area contributed by atoms with E-state index in [1.54, 1.807) is 18.2 Å².